The van der Waals surface area contributed by atoms with Crippen molar-refractivity contribution < 1.29 is 5.11 Å². The van der Waals surface area contributed by atoms with Crippen molar-refractivity contribution in [2.24, 2.45) is 0 Å². The number of para-hydroxylation sites is 1. The van der Waals surface area contributed by atoms with Gasteiger partial charge in [-0.05, 0) is 47.2 Å². The lowest BCUT2D eigenvalue weighted by Gasteiger charge is -2.18. The molecule has 0 saturated heterocycles. The lowest BCUT2D eigenvalue weighted by atomic mass is 10.0. The molecule has 22 heavy (non-hydrogen) atoms. The Balaban J connectivity index is 2.45. The van der Waals surface area contributed by atoms with Gasteiger partial charge in [0.1, 0.15) is 9.32 Å². The van der Waals surface area contributed by atoms with Crippen molar-refractivity contribution in [2.45, 2.75) is 6.92 Å². The van der Waals surface area contributed by atoms with E-state index in [9.17, 15) is 9.90 Å². The first-order chi connectivity index (χ1) is 10.6. The van der Waals surface area contributed by atoms with E-state index in [0.717, 1.165) is 16.9 Å². The highest BCUT2D eigenvalue weighted by molar-refractivity contribution is 14.1. The molecule has 0 bridgehead atoms. The third-order valence-electron chi connectivity index (χ3n) is 3.59. The molecule has 0 aliphatic carbocycles. The number of aromatic nitrogens is 1. The fourth-order valence-electron chi connectivity index (χ4n) is 2.51. The Kier molecular flexibility index (Phi) is 4.02. The smallest absolute Gasteiger partial charge is 0.272 e. The molecule has 0 radical (unpaired) electrons. The van der Waals surface area contributed by atoms with Crippen molar-refractivity contribution in [3.63, 3.8) is 0 Å². The van der Waals surface area contributed by atoms with E-state index >= 15 is 0 Å². The fraction of sp³-hybridized carbons (Fsp3) is 0.0556. The van der Waals surface area contributed by atoms with Gasteiger partial charge in [-0.3, -0.25) is 9.36 Å². The Labute approximate surface area is 142 Å². The first kappa shape index (κ1) is 14.8. The zero-order valence-corrected chi connectivity index (χ0v) is 14.1. The molecular weight excluding hydrogens is 389 g/mol. The van der Waals surface area contributed by atoms with Crippen LogP contribution in [0.4, 0.5) is 0 Å². The molecule has 3 aromatic rings. The monoisotopic (exact) mass is 403 g/mol. The Bertz CT molecular complexity index is 871. The maximum atomic E-state index is 12.7. The van der Waals surface area contributed by atoms with E-state index in [4.69, 9.17) is 0 Å². The predicted octanol–water partition coefficient (Wildman–Crippen LogP) is 4.12. The maximum Gasteiger partial charge on any atom is 0.272 e. The van der Waals surface area contributed by atoms with Gasteiger partial charge in [0.25, 0.3) is 5.56 Å². The van der Waals surface area contributed by atoms with Crippen LogP contribution in [0.2, 0.25) is 0 Å². The number of rotatable bonds is 2. The summed E-state index contributed by atoms with van der Waals surface area (Å²) in [5, 5.41) is 10.3. The molecule has 0 saturated carbocycles. The Hall–Kier alpha value is -2.08. The highest BCUT2D eigenvalue weighted by Gasteiger charge is 2.19. The Morgan fingerprint density at radius 2 is 1.50 bits per heavy atom. The molecule has 0 unspecified atom stereocenters. The molecule has 4 heteroatoms. The van der Waals surface area contributed by atoms with Gasteiger partial charge in [0.05, 0.1) is 5.69 Å². The van der Waals surface area contributed by atoms with E-state index < -0.39 is 0 Å². The summed E-state index contributed by atoms with van der Waals surface area (Å²) in [6, 6.07) is 19.1. The van der Waals surface area contributed by atoms with Gasteiger partial charge in [0.2, 0.25) is 0 Å². The number of halogens is 1. The summed E-state index contributed by atoms with van der Waals surface area (Å²) in [5.41, 5.74) is 2.88. The second-order valence-corrected chi connectivity index (χ2v) is 6.06. The minimum Gasteiger partial charge on any atom is -0.506 e. The summed E-state index contributed by atoms with van der Waals surface area (Å²) in [7, 11) is 0. The van der Waals surface area contributed by atoms with Crippen LogP contribution in [0.5, 0.6) is 5.75 Å². The summed E-state index contributed by atoms with van der Waals surface area (Å²) in [6.07, 6.45) is 0. The van der Waals surface area contributed by atoms with E-state index in [2.05, 4.69) is 0 Å². The molecule has 2 aromatic carbocycles. The van der Waals surface area contributed by atoms with Crippen LogP contribution in [0.25, 0.3) is 16.9 Å². The van der Waals surface area contributed by atoms with Crippen molar-refractivity contribution >= 4 is 22.6 Å². The van der Waals surface area contributed by atoms with Crippen LogP contribution in [0.3, 0.4) is 0 Å². The number of aromatic hydroxyl groups is 1. The first-order valence-corrected chi connectivity index (χ1v) is 7.94. The number of benzene rings is 2. The van der Waals surface area contributed by atoms with Crippen LogP contribution in [0, 0.1) is 10.5 Å². The standard InChI is InChI=1S/C18H14INO2/c1-12-16(13-8-4-2-5-9-13)20(14-10-6-3-7-11-14)18(22)15(19)17(12)21/h2-11,21H,1H3. The summed E-state index contributed by atoms with van der Waals surface area (Å²) < 4.78 is 1.99. The molecule has 0 atom stereocenters. The lowest BCUT2D eigenvalue weighted by Crippen LogP contribution is -2.23. The minimum atomic E-state index is -0.214. The number of pyridine rings is 1. The largest absolute Gasteiger partial charge is 0.506 e. The number of hydrogen-bond acceptors (Lipinski definition) is 2. The average Bonchev–Trinajstić information content (AvgIpc) is 2.57. The third kappa shape index (κ3) is 2.43. The molecule has 3 nitrogen and oxygen atoms in total. The Morgan fingerprint density at radius 3 is 2.09 bits per heavy atom. The van der Waals surface area contributed by atoms with Gasteiger partial charge in [0.15, 0.2) is 0 Å². The zero-order chi connectivity index (χ0) is 15.7. The highest BCUT2D eigenvalue weighted by Crippen LogP contribution is 2.32. The van der Waals surface area contributed by atoms with Gasteiger partial charge >= 0.3 is 0 Å². The molecule has 110 valence electrons. The molecule has 0 fully saturated rings. The molecule has 1 aromatic heterocycles. The van der Waals surface area contributed by atoms with Crippen molar-refractivity contribution in [1.29, 1.82) is 0 Å². The summed E-state index contributed by atoms with van der Waals surface area (Å²) in [6.45, 7) is 1.83. The van der Waals surface area contributed by atoms with E-state index in [1.807, 2.05) is 90.2 Å². The van der Waals surface area contributed by atoms with Gasteiger partial charge in [0, 0.05) is 11.3 Å². The fourth-order valence-corrected chi connectivity index (χ4v) is 3.16. The van der Waals surface area contributed by atoms with Crippen LogP contribution in [-0.2, 0) is 0 Å². The molecule has 1 N–H and O–H groups in total. The summed E-state index contributed by atoms with van der Waals surface area (Å²) in [5.74, 6) is 0.0524. The molecular formula is C18H14INO2. The van der Waals surface area contributed by atoms with E-state index in [1.54, 1.807) is 4.57 Å². The van der Waals surface area contributed by atoms with Gasteiger partial charge in [-0.25, -0.2) is 0 Å². The molecule has 0 aliphatic heterocycles. The zero-order valence-electron chi connectivity index (χ0n) is 12.0. The van der Waals surface area contributed by atoms with E-state index in [0.29, 0.717) is 9.13 Å². The van der Waals surface area contributed by atoms with Crippen molar-refractivity contribution in [3.05, 3.63) is 80.2 Å². The first-order valence-electron chi connectivity index (χ1n) is 6.86. The summed E-state index contributed by atoms with van der Waals surface area (Å²) >= 11 is 1.90. The van der Waals surface area contributed by atoms with Crippen LogP contribution in [0.15, 0.2) is 65.5 Å². The van der Waals surface area contributed by atoms with Gasteiger partial charge in [-0.1, -0.05) is 48.5 Å². The summed E-state index contributed by atoms with van der Waals surface area (Å²) in [4.78, 5) is 12.7. The van der Waals surface area contributed by atoms with Crippen LogP contribution in [0.1, 0.15) is 5.56 Å². The SMILES string of the molecule is Cc1c(O)c(I)c(=O)n(-c2ccccc2)c1-c1ccccc1. The van der Waals surface area contributed by atoms with Gasteiger partial charge in [-0.2, -0.15) is 0 Å². The van der Waals surface area contributed by atoms with Crippen LogP contribution in [-0.4, -0.2) is 9.67 Å². The van der Waals surface area contributed by atoms with Crippen LogP contribution >= 0.6 is 22.6 Å². The second-order valence-electron chi connectivity index (χ2n) is 4.98. The molecule has 0 spiro atoms. The van der Waals surface area contributed by atoms with Crippen molar-refractivity contribution in [2.75, 3.05) is 0 Å². The quantitative estimate of drug-likeness (QED) is 0.655. The molecule has 1 heterocycles. The second kappa shape index (κ2) is 5.96. The number of nitrogens with zero attached hydrogens (tertiary/aromatic N) is 1. The molecule has 0 amide bonds. The highest BCUT2D eigenvalue weighted by atomic mass is 127. The van der Waals surface area contributed by atoms with Crippen molar-refractivity contribution in [3.8, 4) is 22.7 Å². The number of hydrogen-bond donors (Lipinski definition) is 1. The maximum absolute atomic E-state index is 12.7. The Morgan fingerprint density at radius 1 is 0.955 bits per heavy atom. The third-order valence-corrected chi connectivity index (χ3v) is 4.57. The van der Waals surface area contributed by atoms with Crippen LogP contribution < -0.4 is 5.56 Å². The average molecular weight is 403 g/mol. The van der Waals surface area contributed by atoms with Gasteiger partial charge < -0.3 is 5.11 Å². The van der Waals surface area contributed by atoms with E-state index in [1.165, 1.54) is 0 Å². The lowest BCUT2D eigenvalue weighted by molar-refractivity contribution is 0.464. The normalized spacial score (nSPS) is 10.6. The predicted molar refractivity (Wildman–Crippen MR) is 96.6 cm³/mol. The minimum absolute atomic E-state index is 0.0524. The molecule has 3 rings (SSSR count). The van der Waals surface area contributed by atoms with Crippen molar-refractivity contribution in [1.82, 2.24) is 4.57 Å². The van der Waals surface area contributed by atoms with E-state index in [-0.39, 0.29) is 11.3 Å². The van der Waals surface area contributed by atoms with Gasteiger partial charge in [-0.15, -0.1) is 0 Å². The topological polar surface area (TPSA) is 42.2 Å². The molecule has 0 aliphatic rings.